The number of rotatable bonds is 10. The lowest BCUT2D eigenvalue weighted by Gasteiger charge is -2.33. The van der Waals surface area contributed by atoms with Crippen LogP contribution in [0.1, 0.15) is 64.6 Å². The van der Waals surface area contributed by atoms with Crippen LogP contribution in [-0.4, -0.2) is 46.8 Å². The Morgan fingerprint density at radius 1 is 0.956 bits per heavy atom. The number of thiophene rings is 1. The Hall–Kier alpha value is -4.63. The van der Waals surface area contributed by atoms with Gasteiger partial charge in [0.25, 0.3) is 5.91 Å². The second-order valence-electron chi connectivity index (χ2n) is 11.4. The Balaban J connectivity index is 1.45. The van der Waals surface area contributed by atoms with Crippen molar-refractivity contribution in [2.24, 2.45) is 0 Å². The highest BCUT2D eigenvalue weighted by molar-refractivity contribution is 7.20. The van der Waals surface area contributed by atoms with Crippen molar-refractivity contribution >= 4 is 33.4 Å². The molecule has 0 bridgehead atoms. The van der Waals surface area contributed by atoms with Gasteiger partial charge in [-0.3, -0.25) is 9.59 Å². The topological polar surface area (TPSA) is 85.7 Å². The zero-order chi connectivity index (χ0) is 31.3. The predicted octanol–water partition coefficient (Wildman–Crippen LogP) is 7.25. The smallest absolute Gasteiger partial charge is 0.265 e. The van der Waals surface area contributed by atoms with Gasteiger partial charge in [0, 0.05) is 17.0 Å². The van der Waals surface area contributed by atoms with Crippen LogP contribution in [-0.2, 0) is 11.3 Å². The first-order chi connectivity index (χ1) is 22.0. The van der Waals surface area contributed by atoms with E-state index in [4.69, 9.17) is 14.6 Å². The molecule has 0 saturated heterocycles. The molecule has 3 aromatic carbocycles. The molecule has 0 aliphatic heterocycles. The molecule has 6 rings (SSSR count). The molecule has 1 N–H and O–H groups in total. The minimum Gasteiger partial charge on any atom is -0.497 e. The summed E-state index contributed by atoms with van der Waals surface area (Å²) in [5, 5.41) is 8.97. The molecule has 5 aromatic rings. The molecule has 2 amide bonds. The van der Waals surface area contributed by atoms with Crippen LogP contribution >= 0.6 is 11.3 Å². The summed E-state index contributed by atoms with van der Waals surface area (Å²) in [4.78, 5) is 32.2. The van der Waals surface area contributed by atoms with Gasteiger partial charge in [-0.2, -0.15) is 5.10 Å². The van der Waals surface area contributed by atoms with Crippen molar-refractivity contribution < 1.29 is 19.1 Å². The first-order valence-corrected chi connectivity index (χ1v) is 16.2. The zero-order valence-corrected chi connectivity index (χ0v) is 26.7. The number of nitrogens with one attached hydrogen (secondary N) is 1. The van der Waals surface area contributed by atoms with Gasteiger partial charge in [-0.05, 0) is 61.7 Å². The molecule has 2 heterocycles. The fraction of sp³-hybridized carbons (Fsp3) is 0.306. The second-order valence-corrected chi connectivity index (χ2v) is 12.5. The van der Waals surface area contributed by atoms with Crippen molar-refractivity contribution in [2.75, 3.05) is 14.2 Å². The van der Waals surface area contributed by atoms with E-state index in [1.165, 1.54) is 17.8 Å². The molecular weight excluding hydrogens is 584 g/mol. The number of hydrogen-bond donors (Lipinski definition) is 1. The number of benzene rings is 3. The van der Waals surface area contributed by atoms with E-state index in [1.54, 1.807) is 19.1 Å². The fourth-order valence-corrected chi connectivity index (χ4v) is 7.26. The maximum Gasteiger partial charge on any atom is 0.265 e. The number of fused-ring (bicyclic) bond motifs is 1. The third-order valence-corrected chi connectivity index (χ3v) is 9.59. The molecule has 0 radical (unpaired) electrons. The highest BCUT2D eigenvalue weighted by Crippen LogP contribution is 2.35. The third kappa shape index (κ3) is 6.44. The SMILES string of the molecule is COc1ccc(C(C(=O)NC2CCCCC2)N(Cc2ccccc2OC)C(=O)c2cc3c(C)nn(-c4ccccc4)c3s2)cc1. The van der Waals surface area contributed by atoms with Crippen molar-refractivity contribution in [3.05, 3.63) is 107 Å². The molecule has 1 unspecified atom stereocenters. The van der Waals surface area contributed by atoms with E-state index in [1.807, 2.05) is 96.5 Å². The van der Waals surface area contributed by atoms with E-state index < -0.39 is 6.04 Å². The monoisotopic (exact) mass is 622 g/mol. The minimum atomic E-state index is -0.882. The standard InChI is InChI=1S/C36H38N4O4S/c1-24-30-22-32(45-36(30)40(38-24)28-15-8-5-9-16-28)35(42)39(23-26-12-10-11-17-31(26)44-3)33(25-18-20-29(43-2)21-19-25)34(41)37-27-13-6-4-7-14-27/h5,8-12,15-22,27,33H,4,6-7,13-14,23H2,1-3H3,(H,37,41). The summed E-state index contributed by atoms with van der Waals surface area (Å²) in [6.45, 7) is 2.13. The summed E-state index contributed by atoms with van der Waals surface area (Å²) in [5.41, 5.74) is 3.28. The van der Waals surface area contributed by atoms with Crippen molar-refractivity contribution in [3.63, 3.8) is 0 Å². The second kappa shape index (κ2) is 13.6. The van der Waals surface area contributed by atoms with Crippen LogP contribution in [0.4, 0.5) is 0 Å². The molecule has 45 heavy (non-hydrogen) atoms. The van der Waals surface area contributed by atoms with Crippen LogP contribution in [0.5, 0.6) is 11.5 Å². The number of nitrogens with zero attached hydrogens (tertiary/aromatic N) is 3. The van der Waals surface area contributed by atoms with E-state index in [0.29, 0.717) is 21.9 Å². The predicted molar refractivity (Wildman–Crippen MR) is 177 cm³/mol. The number of carbonyl (C=O) groups is 2. The number of carbonyl (C=O) groups excluding carboxylic acids is 2. The van der Waals surface area contributed by atoms with E-state index >= 15 is 0 Å². The fourth-order valence-electron chi connectivity index (χ4n) is 6.12. The normalized spacial score (nSPS) is 14.2. The van der Waals surface area contributed by atoms with Crippen LogP contribution < -0.4 is 14.8 Å². The van der Waals surface area contributed by atoms with Gasteiger partial charge in [-0.25, -0.2) is 4.68 Å². The van der Waals surface area contributed by atoms with Gasteiger partial charge in [0.2, 0.25) is 5.91 Å². The first-order valence-electron chi connectivity index (χ1n) is 15.4. The average Bonchev–Trinajstić information content (AvgIpc) is 3.66. The van der Waals surface area contributed by atoms with Gasteiger partial charge < -0.3 is 19.7 Å². The molecule has 1 saturated carbocycles. The van der Waals surface area contributed by atoms with Crippen molar-refractivity contribution in [1.29, 1.82) is 0 Å². The van der Waals surface area contributed by atoms with Gasteiger partial charge in [0.05, 0.1) is 37.0 Å². The summed E-state index contributed by atoms with van der Waals surface area (Å²) in [6.07, 6.45) is 5.22. The number of amides is 2. The highest BCUT2D eigenvalue weighted by Gasteiger charge is 2.35. The van der Waals surface area contributed by atoms with Crippen LogP contribution in [0.15, 0.2) is 84.9 Å². The summed E-state index contributed by atoms with van der Waals surface area (Å²) in [7, 11) is 3.23. The maximum atomic E-state index is 14.8. The Morgan fingerprint density at radius 3 is 2.38 bits per heavy atom. The van der Waals surface area contributed by atoms with E-state index in [-0.39, 0.29) is 24.4 Å². The Morgan fingerprint density at radius 2 is 1.67 bits per heavy atom. The molecule has 1 aliphatic rings. The first kappa shape index (κ1) is 30.4. The quantitative estimate of drug-likeness (QED) is 0.177. The number of aryl methyl sites for hydroxylation is 1. The van der Waals surface area contributed by atoms with Gasteiger partial charge in [0.1, 0.15) is 22.4 Å². The van der Waals surface area contributed by atoms with E-state index in [0.717, 1.165) is 52.8 Å². The van der Waals surface area contributed by atoms with Gasteiger partial charge in [0.15, 0.2) is 0 Å². The summed E-state index contributed by atoms with van der Waals surface area (Å²) in [5.74, 6) is 0.908. The van der Waals surface area contributed by atoms with Crippen LogP contribution in [0.25, 0.3) is 15.9 Å². The van der Waals surface area contributed by atoms with Crippen molar-refractivity contribution in [2.45, 2.75) is 57.7 Å². The molecule has 9 heteroatoms. The van der Waals surface area contributed by atoms with Crippen molar-refractivity contribution in [3.8, 4) is 17.2 Å². The van der Waals surface area contributed by atoms with Gasteiger partial charge in [-0.1, -0.05) is 67.8 Å². The average molecular weight is 623 g/mol. The van der Waals surface area contributed by atoms with Gasteiger partial charge in [-0.15, -0.1) is 11.3 Å². The summed E-state index contributed by atoms with van der Waals surface area (Å²) < 4.78 is 13.0. The van der Waals surface area contributed by atoms with Crippen molar-refractivity contribution in [1.82, 2.24) is 20.0 Å². The minimum absolute atomic E-state index is 0.0824. The molecule has 2 aromatic heterocycles. The van der Waals surface area contributed by atoms with Crippen LogP contribution in [0.2, 0.25) is 0 Å². The maximum absolute atomic E-state index is 14.8. The molecule has 1 aliphatic carbocycles. The molecule has 1 fully saturated rings. The molecule has 1 atom stereocenters. The lowest BCUT2D eigenvalue weighted by Crippen LogP contribution is -2.46. The Labute approximate surface area is 267 Å². The lowest BCUT2D eigenvalue weighted by molar-refractivity contribution is -0.127. The lowest BCUT2D eigenvalue weighted by atomic mass is 9.94. The number of methoxy groups -OCH3 is 2. The molecule has 232 valence electrons. The van der Waals surface area contributed by atoms with Crippen LogP contribution in [0.3, 0.4) is 0 Å². The zero-order valence-electron chi connectivity index (χ0n) is 25.9. The van der Waals surface area contributed by atoms with E-state index in [2.05, 4.69) is 5.32 Å². The Bertz CT molecular complexity index is 1770. The Kier molecular flexibility index (Phi) is 9.16. The highest BCUT2D eigenvalue weighted by atomic mass is 32.1. The molecule has 0 spiro atoms. The number of aromatic nitrogens is 2. The third-order valence-electron chi connectivity index (χ3n) is 8.49. The summed E-state index contributed by atoms with van der Waals surface area (Å²) >= 11 is 1.39. The van der Waals surface area contributed by atoms with E-state index in [9.17, 15) is 9.59 Å². The molecule has 8 nitrogen and oxygen atoms in total. The van der Waals surface area contributed by atoms with Crippen LogP contribution in [0, 0.1) is 6.92 Å². The molecular formula is C36H38N4O4S. The number of ether oxygens (including phenoxy) is 2. The summed E-state index contributed by atoms with van der Waals surface area (Å²) in [6, 6.07) is 26.0. The number of para-hydroxylation sites is 2. The number of hydrogen-bond acceptors (Lipinski definition) is 6. The largest absolute Gasteiger partial charge is 0.497 e. The van der Waals surface area contributed by atoms with Gasteiger partial charge >= 0.3 is 0 Å².